The number of rotatable bonds is 4. The number of hydrogen-bond acceptors (Lipinski definition) is 6. The molecule has 0 spiro atoms. The first-order valence-corrected chi connectivity index (χ1v) is 9.25. The molecule has 2 aliphatic heterocycles. The van der Waals surface area contributed by atoms with Crippen molar-refractivity contribution in [3.8, 4) is 17.1 Å². The zero-order valence-electron chi connectivity index (χ0n) is 15.9. The molecule has 0 aliphatic carbocycles. The molecule has 1 fully saturated rings. The Morgan fingerprint density at radius 1 is 1.21 bits per heavy atom. The van der Waals surface area contributed by atoms with Gasteiger partial charge in [0, 0.05) is 37.5 Å². The summed E-state index contributed by atoms with van der Waals surface area (Å²) in [6.45, 7) is 2.77. The highest BCUT2D eigenvalue weighted by atomic mass is 35.5. The van der Waals surface area contributed by atoms with E-state index in [0.29, 0.717) is 23.7 Å². The van der Waals surface area contributed by atoms with Crippen LogP contribution in [-0.4, -0.2) is 51.2 Å². The summed E-state index contributed by atoms with van der Waals surface area (Å²) in [6.07, 6.45) is 1.88. The number of hydrogen-bond donors (Lipinski definition) is 0. The molecule has 152 valence electrons. The van der Waals surface area contributed by atoms with Crippen LogP contribution in [-0.2, 0) is 17.9 Å². The smallest absolute Gasteiger partial charge is 0.212 e. The molecule has 2 aliphatic rings. The second-order valence-corrected chi connectivity index (χ2v) is 7.13. The van der Waals surface area contributed by atoms with Gasteiger partial charge >= 0.3 is 0 Å². The van der Waals surface area contributed by atoms with Crippen molar-refractivity contribution < 1.29 is 13.9 Å². The van der Waals surface area contributed by atoms with Gasteiger partial charge < -0.3 is 9.47 Å². The molecule has 2 atom stereocenters. The van der Waals surface area contributed by atoms with Gasteiger partial charge in [-0.2, -0.15) is 0 Å². The second kappa shape index (κ2) is 8.06. The number of likely N-dealkylation sites (tertiary alicyclic amines) is 1. The van der Waals surface area contributed by atoms with Crippen LogP contribution in [0, 0.1) is 5.82 Å². The minimum absolute atomic E-state index is 0. The van der Waals surface area contributed by atoms with E-state index in [9.17, 15) is 4.39 Å². The van der Waals surface area contributed by atoms with Gasteiger partial charge in [-0.15, -0.1) is 17.5 Å². The minimum atomic E-state index is -0.298. The Balaban J connectivity index is 0.00000205. The van der Waals surface area contributed by atoms with Gasteiger partial charge in [-0.1, -0.05) is 23.4 Å². The van der Waals surface area contributed by atoms with Crippen molar-refractivity contribution in [3.63, 3.8) is 0 Å². The van der Waals surface area contributed by atoms with Crippen LogP contribution in [0.25, 0.3) is 11.3 Å². The Kier molecular flexibility index (Phi) is 5.49. The van der Waals surface area contributed by atoms with Gasteiger partial charge in [-0.25, -0.2) is 14.1 Å². The molecule has 0 unspecified atom stereocenters. The molecular weight excluding hydrogens is 397 g/mol. The molecule has 4 heterocycles. The topological polar surface area (TPSA) is 65.3 Å². The maximum Gasteiger partial charge on any atom is 0.212 e. The minimum Gasteiger partial charge on any atom is -0.481 e. The third-order valence-electron chi connectivity index (χ3n) is 5.39. The predicted molar refractivity (Wildman–Crippen MR) is 106 cm³/mol. The molecule has 0 bridgehead atoms. The number of fused-ring (bicyclic) bond motifs is 3. The maximum absolute atomic E-state index is 14.2. The Labute approximate surface area is 173 Å². The molecule has 0 saturated carbocycles. The lowest BCUT2D eigenvalue weighted by Crippen LogP contribution is -2.32. The van der Waals surface area contributed by atoms with Crippen LogP contribution < -0.4 is 4.74 Å². The van der Waals surface area contributed by atoms with E-state index in [1.165, 1.54) is 6.07 Å². The zero-order chi connectivity index (χ0) is 19.1. The fraction of sp³-hybridized carbons (Fsp3) is 0.350. The Hall–Kier alpha value is -2.55. The van der Waals surface area contributed by atoms with Crippen LogP contribution in [0.5, 0.6) is 5.88 Å². The number of aromatic nitrogens is 4. The van der Waals surface area contributed by atoms with Crippen molar-refractivity contribution in [1.29, 1.82) is 0 Å². The van der Waals surface area contributed by atoms with Crippen LogP contribution >= 0.6 is 12.4 Å². The monoisotopic (exact) mass is 417 g/mol. The molecule has 1 aromatic carbocycles. The van der Waals surface area contributed by atoms with Crippen molar-refractivity contribution >= 4 is 12.4 Å². The highest BCUT2D eigenvalue weighted by Gasteiger charge is 2.40. The van der Waals surface area contributed by atoms with Gasteiger partial charge in [0.25, 0.3) is 0 Å². The first kappa shape index (κ1) is 19.8. The van der Waals surface area contributed by atoms with Crippen molar-refractivity contribution in [3.05, 3.63) is 59.7 Å². The summed E-state index contributed by atoms with van der Waals surface area (Å²) in [5, 5.41) is 8.61. The van der Waals surface area contributed by atoms with Gasteiger partial charge in [-0.3, -0.25) is 4.90 Å². The first-order valence-electron chi connectivity index (χ1n) is 9.25. The molecule has 29 heavy (non-hydrogen) atoms. The van der Waals surface area contributed by atoms with E-state index in [1.807, 2.05) is 23.0 Å². The molecule has 0 radical (unpaired) electrons. The van der Waals surface area contributed by atoms with Crippen LogP contribution in [0.15, 0.2) is 42.6 Å². The average molecular weight is 418 g/mol. The number of ether oxygens (including phenoxy) is 2. The number of benzene rings is 1. The standard InChI is InChI=1S/C20H20FN5O2.ClH/c1-27-19-7-6-13(8-22-19)9-25-10-16-18(11-25)28-12-17-20(23-24-26(16)17)14-4-2-3-5-15(14)21;/h2-8,16,18H,9-12H2,1H3;1H/t16-,18-;/m1./s1. The highest BCUT2D eigenvalue weighted by molar-refractivity contribution is 5.85. The number of methoxy groups -OCH3 is 1. The molecule has 5 rings (SSSR count). The Morgan fingerprint density at radius 3 is 2.83 bits per heavy atom. The number of pyridine rings is 1. The molecule has 3 aromatic rings. The van der Waals surface area contributed by atoms with E-state index in [2.05, 4.69) is 20.2 Å². The number of nitrogens with zero attached hydrogens (tertiary/aromatic N) is 5. The van der Waals surface area contributed by atoms with Gasteiger partial charge in [0.05, 0.1) is 31.6 Å². The van der Waals surface area contributed by atoms with Crippen molar-refractivity contribution in [2.45, 2.75) is 25.3 Å². The average Bonchev–Trinajstić information content (AvgIpc) is 3.32. The van der Waals surface area contributed by atoms with Crippen molar-refractivity contribution in [1.82, 2.24) is 24.9 Å². The fourth-order valence-corrected chi connectivity index (χ4v) is 4.01. The molecule has 9 heteroatoms. The van der Waals surface area contributed by atoms with E-state index in [4.69, 9.17) is 9.47 Å². The van der Waals surface area contributed by atoms with Crippen molar-refractivity contribution in [2.75, 3.05) is 20.2 Å². The van der Waals surface area contributed by atoms with Crippen molar-refractivity contribution in [2.24, 2.45) is 0 Å². The van der Waals surface area contributed by atoms with E-state index in [-0.39, 0.29) is 30.4 Å². The first-order chi connectivity index (χ1) is 13.7. The maximum atomic E-state index is 14.2. The summed E-state index contributed by atoms with van der Waals surface area (Å²) >= 11 is 0. The van der Waals surface area contributed by atoms with E-state index >= 15 is 0 Å². The largest absolute Gasteiger partial charge is 0.481 e. The summed E-state index contributed by atoms with van der Waals surface area (Å²) in [4.78, 5) is 6.59. The van der Waals surface area contributed by atoms with Gasteiger partial charge in [-0.05, 0) is 17.7 Å². The van der Waals surface area contributed by atoms with Gasteiger partial charge in [0.2, 0.25) is 5.88 Å². The highest BCUT2D eigenvalue weighted by Crippen LogP contribution is 2.35. The van der Waals surface area contributed by atoms with E-state index in [1.54, 1.807) is 25.3 Å². The van der Waals surface area contributed by atoms with Gasteiger partial charge in [0.15, 0.2) is 0 Å². The predicted octanol–water partition coefficient (Wildman–Crippen LogP) is 2.87. The summed E-state index contributed by atoms with van der Waals surface area (Å²) in [5.41, 5.74) is 2.98. The molecule has 7 nitrogen and oxygen atoms in total. The van der Waals surface area contributed by atoms with Crippen LogP contribution in [0.4, 0.5) is 4.39 Å². The summed E-state index contributed by atoms with van der Waals surface area (Å²) in [5.74, 6) is 0.308. The quantitative estimate of drug-likeness (QED) is 0.650. The lowest BCUT2D eigenvalue weighted by atomic mass is 10.1. The summed E-state index contributed by atoms with van der Waals surface area (Å²) in [6, 6.07) is 10.6. The van der Waals surface area contributed by atoms with E-state index < -0.39 is 0 Å². The molecule has 0 N–H and O–H groups in total. The molecule has 2 aromatic heterocycles. The molecule has 1 saturated heterocycles. The Morgan fingerprint density at radius 2 is 2.07 bits per heavy atom. The third kappa shape index (κ3) is 3.59. The van der Waals surface area contributed by atoms with Crippen LogP contribution in [0.1, 0.15) is 17.3 Å². The second-order valence-electron chi connectivity index (χ2n) is 7.13. The van der Waals surface area contributed by atoms with Gasteiger partial charge in [0.1, 0.15) is 11.5 Å². The lowest BCUT2D eigenvalue weighted by molar-refractivity contribution is -0.00495. The van der Waals surface area contributed by atoms with E-state index in [0.717, 1.165) is 30.9 Å². The van der Waals surface area contributed by atoms with Crippen LogP contribution in [0.2, 0.25) is 0 Å². The Bertz CT molecular complexity index is 997. The summed E-state index contributed by atoms with van der Waals surface area (Å²) in [7, 11) is 1.61. The van der Waals surface area contributed by atoms with Crippen LogP contribution in [0.3, 0.4) is 0 Å². The zero-order valence-corrected chi connectivity index (χ0v) is 16.7. The molecule has 0 amide bonds. The normalized spacial score (nSPS) is 20.6. The fourth-order valence-electron chi connectivity index (χ4n) is 4.01. The SMILES string of the molecule is COc1ccc(CN2C[C@@H]3[C@@H](C2)OCc2c(-c4ccccc4F)nnn23)cn1.Cl. The lowest BCUT2D eigenvalue weighted by Gasteiger charge is -2.26. The number of halogens is 2. The molecular formula is C20H21ClFN5O2. The summed E-state index contributed by atoms with van der Waals surface area (Å²) < 4.78 is 27.3. The third-order valence-corrected chi connectivity index (χ3v) is 5.39.